The third-order valence-corrected chi connectivity index (χ3v) is 2.88. The van der Waals surface area contributed by atoms with Crippen molar-refractivity contribution in [1.29, 1.82) is 0 Å². The molecule has 0 bridgehead atoms. The summed E-state index contributed by atoms with van der Waals surface area (Å²) >= 11 is 0. The predicted octanol–water partition coefficient (Wildman–Crippen LogP) is 2.36. The highest BCUT2D eigenvalue weighted by Crippen LogP contribution is 2.39. The Morgan fingerprint density at radius 3 is 2.85 bits per heavy atom. The quantitative estimate of drug-likeness (QED) is 0.595. The monoisotopic (exact) mass is 176 g/mol. The Hall–Kier alpha value is -1.18. The first-order valence-corrected chi connectivity index (χ1v) is 4.74. The summed E-state index contributed by atoms with van der Waals surface area (Å²) in [6.45, 7) is 5.56. The van der Waals surface area contributed by atoms with Gasteiger partial charge in [-0.15, -0.1) is 0 Å². The van der Waals surface area contributed by atoms with Crippen molar-refractivity contribution in [2.45, 2.75) is 25.7 Å². The fraction of sp³-hybridized carbons (Fsp3) is 0.455. The van der Waals surface area contributed by atoms with Crippen LogP contribution in [-0.2, 0) is 5.41 Å². The standard InChI is InChI=1S/C11H16N2/c1-11(2)6-7-13-10-8(11)4-3-5-9(10)12/h3-5,13H,6-7,12H2,1-2H3. The predicted molar refractivity (Wildman–Crippen MR) is 57.0 cm³/mol. The fourth-order valence-electron chi connectivity index (χ4n) is 1.97. The van der Waals surface area contributed by atoms with Crippen molar-refractivity contribution in [2.75, 3.05) is 17.6 Å². The van der Waals surface area contributed by atoms with E-state index in [2.05, 4.69) is 25.2 Å². The third-order valence-electron chi connectivity index (χ3n) is 2.88. The summed E-state index contributed by atoms with van der Waals surface area (Å²) in [7, 11) is 0. The van der Waals surface area contributed by atoms with Crippen LogP contribution in [0, 0.1) is 0 Å². The maximum Gasteiger partial charge on any atom is 0.0611 e. The molecule has 3 N–H and O–H groups in total. The molecule has 0 saturated heterocycles. The number of anilines is 2. The molecule has 0 fully saturated rings. The van der Waals surface area contributed by atoms with Crippen molar-refractivity contribution in [3.05, 3.63) is 23.8 Å². The summed E-state index contributed by atoms with van der Waals surface area (Å²) in [4.78, 5) is 0. The first-order chi connectivity index (χ1) is 6.11. The van der Waals surface area contributed by atoms with Gasteiger partial charge in [-0.05, 0) is 23.5 Å². The molecule has 1 aromatic rings. The minimum Gasteiger partial charge on any atom is -0.397 e. The lowest BCUT2D eigenvalue weighted by Crippen LogP contribution is -2.28. The van der Waals surface area contributed by atoms with Crippen LogP contribution >= 0.6 is 0 Å². The van der Waals surface area contributed by atoms with E-state index in [0.29, 0.717) is 0 Å². The van der Waals surface area contributed by atoms with Crippen molar-refractivity contribution in [3.63, 3.8) is 0 Å². The Kier molecular flexibility index (Phi) is 1.72. The second-order valence-corrected chi connectivity index (χ2v) is 4.33. The van der Waals surface area contributed by atoms with E-state index in [9.17, 15) is 0 Å². The van der Waals surface area contributed by atoms with E-state index >= 15 is 0 Å². The van der Waals surface area contributed by atoms with Crippen LogP contribution < -0.4 is 11.1 Å². The average Bonchev–Trinajstić information content (AvgIpc) is 2.06. The molecule has 1 heterocycles. The summed E-state index contributed by atoms with van der Waals surface area (Å²) in [6, 6.07) is 6.15. The highest BCUT2D eigenvalue weighted by Gasteiger charge is 2.27. The molecular weight excluding hydrogens is 160 g/mol. The zero-order chi connectivity index (χ0) is 9.47. The number of para-hydroxylation sites is 1. The Morgan fingerprint density at radius 2 is 2.15 bits per heavy atom. The SMILES string of the molecule is CC1(C)CCNc2c(N)cccc21. The lowest BCUT2D eigenvalue weighted by Gasteiger charge is -2.33. The van der Waals surface area contributed by atoms with Gasteiger partial charge in [-0.25, -0.2) is 0 Å². The number of rotatable bonds is 0. The molecule has 0 atom stereocenters. The van der Waals surface area contributed by atoms with Gasteiger partial charge in [0.2, 0.25) is 0 Å². The number of nitrogens with one attached hydrogen (secondary N) is 1. The molecule has 1 aliphatic heterocycles. The van der Waals surface area contributed by atoms with Gasteiger partial charge in [0.15, 0.2) is 0 Å². The molecular formula is C11H16N2. The maximum atomic E-state index is 5.90. The highest BCUT2D eigenvalue weighted by atomic mass is 14.9. The smallest absolute Gasteiger partial charge is 0.0611 e. The molecule has 2 rings (SSSR count). The highest BCUT2D eigenvalue weighted by molar-refractivity contribution is 5.72. The number of benzene rings is 1. The zero-order valence-electron chi connectivity index (χ0n) is 8.22. The van der Waals surface area contributed by atoms with Crippen molar-refractivity contribution in [3.8, 4) is 0 Å². The molecule has 2 heteroatoms. The number of nitrogen functional groups attached to an aromatic ring is 1. The van der Waals surface area contributed by atoms with Crippen LogP contribution in [0.4, 0.5) is 11.4 Å². The molecule has 70 valence electrons. The van der Waals surface area contributed by atoms with Gasteiger partial charge in [0, 0.05) is 6.54 Å². The van der Waals surface area contributed by atoms with E-state index in [1.165, 1.54) is 12.0 Å². The summed E-state index contributed by atoms with van der Waals surface area (Å²) < 4.78 is 0. The molecule has 0 aromatic heterocycles. The molecule has 1 aromatic carbocycles. The first kappa shape index (κ1) is 8.42. The summed E-state index contributed by atoms with van der Waals surface area (Å²) in [5, 5.41) is 3.36. The van der Waals surface area contributed by atoms with E-state index in [-0.39, 0.29) is 5.41 Å². The van der Waals surface area contributed by atoms with Gasteiger partial charge in [-0.3, -0.25) is 0 Å². The van der Waals surface area contributed by atoms with Crippen molar-refractivity contribution < 1.29 is 0 Å². The van der Waals surface area contributed by atoms with E-state index in [0.717, 1.165) is 17.9 Å². The molecule has 1 aliphatic rings. The minimum atomic E-state index is 0.260. The average molecular weight is 176 g/mol. The largest absolute Gasteiger partial charge is 0.397 e. The zero-order valence-corrected chi connectivity index (χ0v) is 8.22. The first-order valence-electron chi connectivity index (χ1n) is 4.74. The van der Waals surface area contributed by atoms with Crippen molar-refractivity contribution in [2.24, 2.45) is 0 Å². The molecule has 0 aliphatic carbocycles. The van der Waals surface area contributed by atoms with E-state index in [1.807, 2.05) is 12.1 Å². The normalized spacial score (nSPS) is 18.9. The van der Waals surface area contributed by atoms with Gasteiger partial charge >= 0.3 is 0 Å². The summed E-state index contributed by atoms with van der Waals surface area (Å²) in [6.07, 6.45) is 1.17. The van der Waals surface area contributed by atoms with Crippen LogP contribution in [0.25, 0.3) is 0 Å². The molecule has 13 heavy (non-hydrogen) atoms. The van der Waals surface area contributed by atoms with Gasteiger partial charge in [0.05, 0.1) is 11.4 Å². The van der Waals surface area contributed by atoms with Crippen LogP contribution in [0.3, 0.4) is 0 Å². The lowest BCUT2D eigenvalue weighted by molar-refractivity contribution is 0.482. The van der Waals surface area contributed by atoms with Crippen LogP contribution in [-0.4, -0.2) is 6.54 Å². The number of nitrogens with two attached hydrogens (primary N) is 1. The molecule has 2 nitrogen and oxygen atoms in total. The minimum absolute atomic E-state index is 0.260. The van der Waals surface area contributed by atoms with Gasteiger partial charge in [0.25, 0.3) is 0 Å². The van der Waals surface area contributed by atoms with E-state index < -0.39 is 0 Å². The van der Waals surface area contributed by atoms with E-state index in [1.54, 1.807) is 0 Å². The van der Waals surface area contributed by atoms with Gasteiger partial charge in [0.1, 0.15) is 0 Å². The van der Waals surface area contributed by atoms with Crippen molar-refractivity contribution in [1.82, 2.24) is 0 Å². The lowest BCUT2D eigenvalue weighted by atomic mass is 9.78. The third kappa shape index (κ3) is 1.26. The van der Waals surface area contributed by atoms with E-state index in [4.69, 9.17) is 5.73 Å². The van der Waals surface area contributed by atoms with Crippen LogP contribution in [0.2, 0.25) is 0 Å². The summed E-state index contributed by atoms with van der Waals surface area (Å²) in [5.74, 6) is 0. The maximum absolute atomic E-state index is 5.90. The van der Waals surface area contributed by atoms with Crippen LogP contribution in [0.15, 0.2) is 18.2 Å². The van der Waals surface area contributed by atoms with Crippen LogP contribution in [0.1, 0.15) is 25.8 Å². The Balaban J connectivity index is 2.58. The molecule has 0 amide bonds. The molecule has 0 spiro atoms. The Labute approximate surface area is 79.1 Å². The number of hydrogen-bond acceptors (Lipinski definition) is 2. The molecule has 0 saturated carbocycles. The van der Waals surface area contributed by atoms with Gasteiger partial charge in [-0.1, -0.05) is 26.0 Å². The topological polar surface area (TPSA) is 38.0 Å². The molecule has 0 unspecified atom stereocenters. The van der Waals surface area contributed by atoms with Crippen LogP contribution in [0.5, 0.6) is 0 Å². The molecule has 0 radical (unpaired) electrons. The fourth-order valence-corrected chi connectivity index (χ4v) is 1.97. The second kappa shape index (κ2) is 2.66. The van der Waals surface area contributed by atoms with Gasteiger partial charge < -0.3 is 11.1 Å². The summed E-state index contributed by atoms with van der Waals surface area (Å²) in [5.41, 5.74) is 9.51. The van der Waals surface area contributed by atoms with Crippen molar-refractivity contribution >= 4 is 11.4 Å². The Morgan fingerprint density at radius 1 is 1.38 bits per heavy atom. The second-order valence-electron chi connectivity index (χ2n) is 4.33. The Bertz CT molecular complexity index is 329. The number of hydrogen-bond donors (Lipinski definition) is 2. The number of fused-ring (bicyclic) bond motifs is 1. The van der Waals surface area contributed by atoms with Gasteiger partial charge in [-0.2, -0.15) is 0 Å².